The molecule has 0 spiro atoms. The van der Waals surface area contributed by atoms with E-state index in [0.29, 0.717) is 0 Å². The van der Waals surface area contributed by atoms with Crippen molar-refractivity contribution >= 4 is 17.7 Å². The van der Waals surface area contributed by atoms with Gasteiger partial charge in [0.15, 0.2) is 5.96 Å². The Morgan fingerprint density at radius 3 is 2.68 bits per heavy atom. The zero-order chi connectivity index (χ0) is 15.8. The molecule has 0 aliphatic carbocycles. The van der Waals surface area contributed by atoms with E-state index in [2.05, 4.69) is 47.8 Å². The Morgan fingerprint density at radius 1 is 1.23 bits per heavy atom. The van der Waals surface area contributed by atoms with Crippen LogP contribution in [0.4, 0.5) is 0 Å². The molecule has 22 heavy (non-hydrogen) atoms. The first-order chi connectivity index (χ1) is 10.7. The third-order valence-corrected chi connectivity index (χ3v) is 6.24. The number of rotatable bonds is 5. The average Bonchev–Trinajstić information content (AvgIpc) is 2.56. The summed E-state index contributed by atoms with van der Waals surface area (Å²) in [5, 5.41) is 4.27. The molecule has 0 bridgehead atoms. The minimum Gasteiger partial charge on any atom is -0.357 e. The second-order valence-electron chi connectivity index (χ2n) is 6.62. The van der Waals surface area contributed by atoms with Crippen LogP contribution in [0.2, 0.25) is 0 Å². The summed E-state index contributed by atoms with van der Waals surface area (Å²) in [6.07, 6.45) is 5.21. The van der Waals surface area contributed by atoms with Gasteiger partial charge >= 0.3 is 0 Å². The molecule has 2 heterocycles. The molecular weight excluding hydrogens is 292 g/mol. The van der Waals surface area contributed by atoms with Gasteiger partial charge in [0.1, 0.15) is 0 Å². The highest BCUT2D eigenvalue weighted by Gasteiger charge is 2.21. The van der Waals surface area contributed by atoms with Gasteiger partial charge in [-0.15, -0.1) is 0 Å². The lowest BCUT2D eigenvalue weighted by Gasteiger charge is -2.34. The standard InChI is InChI=1S/C17H34N4S/c1-4-16-14-21(12-13-22-16)17(18-5-2)19-9-6-15-7-10-20(3)11-8-15/h15-16H,4-14H2,1-3H3,(H,18,19). The fourth-order valence-electron chi connectivity index (χ4n) is 3.29. The molecule has 2 saturated heterocycles. The molecule has 2 fully saturated rings. The minimum atomic E-state index is 0.770. The van der Waals surface area contributed by atoms with Gasteiger partial charge in [0.25, 0.3) is 0 Å². The summed E-state index contributed by atoms with van der Waals surface area (Å²) in [7, 11) is 2.23. The van der Waals surface area contributed by atoms with E-state index in [4.69, 9.17) is 4.99 Å². The first-order valence-electron chi connectivity index (χ1n) is 9.06. The molecule has 0 aromatic carbocycles. The Bertz CT molecular complexity index is 340. The minimum absolute atomic E-state index is 0.770. The van der Waals surface area contributed by atoms with Crippen LogP contribution in [0, 0.1) is 5.92 Å². The fourth-order valence-corrected chi connectivity index (χ4v) is 4.47. The smallest absolute Gasteiger partial charge is 0.193 e. The summed E-state index contributed by atoms with van der Waals surface area (Å²) in [6.45, 7) is 11.2. The van der Waals surface area contributed by atoms with Crippen molar-refractivity contribution in [3.8, 4) is 0 Å². The van der Waals surface area contributed by atoms with Gasteiger partial charge in [0.05, 0.1) is 0 Å². The van der Waals surface area contributed by atoms with Gasteiger partial charge in [-0.05, 0) is 58.7 Å². The highest BCUT2D eigenvalue weighted by molar-refractivity contribution is 8.00. The molecule has 4 nitrogen and oxygen atoms in total. The summed E-state index contributed by atoms with van der Waals surface area (Å²) in [5.74, 6) is 3.26. The molecule has 5 heteroatoms. The lowest BCUT2D eigenvalue weighted by atomic mass is 9.94. The molecule has 0 amide bonds. The van der Waals surface area contributed by atoms with E-state index in [-0.39, 0.29) is 0 Å². The molecule has 1 N–H and O–H groups in total. The zero-order valence-electron chi connectivity index (χ0n) is 14.7. The van der Waals surface area contributed by atoms with Crippen LogP contribution in [0.25, 0.3) is 0 Å². The van der Waals surface area contributed by atoms with E-state index in [0.717, 1.165) is 43.3 Å². The Balaban J connectivity index is 1.81. The average molecular weight is 327 g/mol. The van der Waals surface area contributed by atoms with Crippen LogP contribution < -0.4 is 5.32 Å². The Morgan fingerprint density at radius 2 is 2.00 bits per heavy atom. The largest absolute Gasteiger partial charge is 0.357 e. The van der Waals surface area contributed by atoms with Crippen molar-refractivity contribution in [3.05, 3.63) is 0 Å². The second kappa shape index (κ2) is 9.66. The summed E-state index contributed by atoms with van der Waals surface area (Å²) in [5.41, 5.74) is 0. The molecule has 1 atom stereocenters. The molecule has 0 radical (unpaired) electrons. The van der Waals surface area contributed by atoms with Crippen molar-refractivity contribution in [2.24, 2.45) is 10.9 Å². The van der Waals surface area contributed by atoms with Crippen molar-refractivity contribution in [2.45, 2.75) is 44.8 Å². The number of likely N-dealkylation sites (tertiary alicyclic amines) is 1. The first-order valence-corrected chi connectivity index (χ1v) is 10.1. The molecule has 2 rings (SSSR count). The molecule has 2 aliphatic heterocycles. The molecule has 128 valence electrons. The third-order valence-electron chi connectivity index (χ3n) is 4.87. The lowest BCUT2D eigenvalue weighted by molar-refractivity contribution is 0.214. The maximum Gasteiger partial charge on any atom is 0.193 e. The van der Waals surface area contributed by atoms with Gasteiger partial charge in [0, 0.05) is 37.2 Å². The second-order valence-corrected chi connectivity index (χ2v) is 8.03. The van der Waals surface area contributed by atoms with Gasteiger partial charge in [-0.1, -0.05) is 6.92 Å². The van der Waals surface area contributed by atoms with Crippen LogP contribution in [0.1, 0.15) is 39.5 Å². The topological polar surface area (TPSA) is 30.9 Å². The number of nitrogens with zero attached hydrogens (tertiary/aromatic N) is 3. The van der Waals surface area contributed by atoms with Crippen LogP contribution in [0.3, 0.4) is 0 Å². The summed E-state index contributed by atoms with van der Waals surface area (Å²) in [6, 6.07) is 0. The molecule has 0 saturated carbocycles. The molecule has 0 aromatic rings. The monoisotopic (exact) mass is 326 g/mol. The van der Waals surface area contributed by atoms with Crippen molar-refractivity contribution in [1.82, 2.24) is 15.1 Å². The van der Waals surface area contributed by atoms with Crippen molar-refractivity contribution in [3.63, 3.8) is 0 Å². The van der Waals surface area contributed by atoms with Crippen LogP contribution in [-0.2, 0) is 0 Å². The number of aliphatic imine (C=N–C) groups is 1. The lowest BCUT2D eigenvalue weighted by Crippen LogP contribution is -2.48. The van der Waals surface area contributed by atoms with Crippen LogP contribution in [-0.4, -0.2) is 73.1 Å². The van der Waals surface area contributed by atoms with Gasteiger partial charge in [-0.2, -0.15) is 11.8 Å². The highest BCUT2D eigenvalue weighted by atomic mass is 32.2. The number of hydrogen-bond donors (Lipinski definition) is 1. The first kappa shape index (κ1) is 17.9. The van der Waals surface area contributed by atoms with E-state index in [9.17, 15) is 0 Å². The van der Waals surface area contributed by atoms with E-state index in [1.165, 1.54) is 44.5 Å². The van der Waals surface area contributed by atoms with Gasteiger partial charge in [-0.25, -0.2) is 0 Å². The van der Waals surface area contributed by atoms with Crippen LogP contribution >= 0.6 is 11.8 Å². The Hall–Kier alpha value is -0.420. The molecular formula is C17H34N4S. The normalized spacial score (nSPS) is 25.5. The maximum absolute atomic E-state index is 4.93. The van der Waals surface area contributed by atoms with Gasteiger partial charge in [0.2, 0.25) is 0 Å². The number of thioether (sulfide) groups is 1. The van der Waals surface area contributed by atoms with Crippen LogP contribution in [0.15, 0.2) is 4.99 Å². The molecule has 0 aromatic heterocycles. The van der Waals surface area contributed by atoms with E-state index in [1.54, 1.807) is 0 Å². The van der Waals surface area contributed by atoms with Gasteiger partial charge in [-0.3, -0.25) is 4.99 Å². The summed E-state index contributed by atoms with van der Waals surface area (Å²) in [4.78, 5) is 9.85. The van der Waals surface area contributed by atoms with Crippen molar-refractivity contribution in [1.29, 1.82) is 0 Å². The van der Waals surface area contributed by atoms with E-state index in [1.807, 2.05) is 0 Å². The molecule has 2 aliphatic rings. The number of nitrogens with one attached hydrogen (secondary N) is 1. The SMILES string of the molecule is CCNC(=NCCC1CCN(C)CC1)N1CCSC(CC)C1. The zero-order valence-corrected chi connectivity index (χ0v) is 15.5. The van der Waals surface area contributed by atoms with Crippen molar-refractivity contribution in [2.75, 3.05) is 52.1 Å². The quantitative estimate of drug-likeness (QED) is 0.621. The highest BCUT2D eigenvalue weighted by Crippen LogP contribution is 2.22. The maximum atomic E-state index is 4.93. The molecule has 1 unspecified atom stereocenters. The predicted octanol–water partition coefficient (Wildman–Crippen LogP) is 2.51. The Labute approximate surface area is 141 Å². The number of piperidine rings is 1. The summed E-state index contributed by atoms with van der Waals surface area (Å²) >= 11 is 2.12. The van der Waals surface area contributed by atoms with E-state index < -0.39 is 0 Å². The van der Waals surface area contributed by atoms with Crippen LogP contribution in [0.5, 0.6) is 0 Å². The Kier molecular flexibility index (Phi) is 7.87. The fraction of sp³-hybridized carbons (Fsp3) is 0.941. The van der Waals surface area contributed by atoms with E-state index >= 15 is 0 Å². The number of guanidine groups is 1. The number of hydrogen-bond acceptors (Lipinski definition) is 3. The van der Waals surface area contributed by atoms with Crippen molar-refractivity contribution < 1.29 is 0 Å². The predicted molar refractivity (Wildman–Crippen MR) is 98.9 cm³/mol. The summed E-state index contributed by atoms with van der Waals surface area (Å²) < 4.78 is 0. The third kappa shape index (κ3) is 5.65. The van der Waals surface area contributed by atoms with Gasteiger partial charge < -0.3 is 15.1 Å².